The standard InChI is InChI=1S/C17H24N4O5S/c18-13-4-3-10-19(12-13)17(22)16-5-1-2-11-20(16)27(25,26)15-8-6-14(7-9-15)21(23)24/h6-9,13,16H,1-5,10-12,18H2. The number of nitrogens with zero attached hydrogens (tertiary/aromatic N) is 3. The summed E-state index contributed by atoms with van der Waals surface area (Å²) in [7, 11) is -3.92. The number of piperidine rings is 2. The molecule has 9 nitrogen and oxygen atoms in total. The van der Waals surface area contributed by atoms with Gasteiger partial charge in [0.15, 0.2) is 0 Å². The Morgan fingerprint density at radius 3 is 2.44 bits per heavy atom. The molecule has 2 aliphatic rings. The maximum atomic E-state index is 13.1. The number of amides is 1. The van der Waals surface area contributed by atoms with Gasteiger partial charge in [0.1, 0.15) is 6.04 Å². The van der Waals surface area contributed by atoms with Crippen LogP contribution in [0.2, 0.25) is 0 Å². The summed E-state index contributed by atoms with van der Waals surface area (Å²) in [5.41, 5.74) is 5.78. The number of non-ortho nitro benzene ring substituents is 1. The minimum Gasteiger partial charge on any atom is -0.340 e. The van der Waals surface area contributed by atoms with Gasteiger partial charge in [0.05, 0.1) is 9.82 Å². The molecular formula is C17H24N4O5S. The van der Waals surface area contributed by atoms with Gasteiger partial charge >= 0.3 is 0 Å². The fourth-order valence-electron chi connectivity index (χ4n) is 3.74. The first-order valence-corrected chi connectivity index (χ1v) is 10.6. The number of benzene rings is 1. The topological polar surface area (TPSA) is 127 Å². The lowest BCUT2D eigenvalue weighted by Crippen LogP contribution is -2.56. The highest BCUT2D eigenvalue weighted by molar-refractivity contribution is 7.89. The van der Waals surface area contributed by atoms with E-state index in [4.69, 9.17) is 5.73 Å². The molecular weight excluding hydrogens is 372 g/mol. The van der Waals surface area contributed by atoms with E-state index < -0.39 is 21.0 Å². The molecule has 1 aromatic rings. The molecule has 0 bridgehead atoms. The van der Waals surface area contributed by atoms with Gasteiger partial charge in [0.2, 0.25) is 15.9 Å². The number of nitro groups is 1. The Bertz CT molecular complexity index is 811. The van der Waals surface area contributed by atoms with Gasteiger partial charge in [-0.15, -0.1) is 0 Å². The van der Waals surface area contributed by atoms with E-state index in [0.29, 0.717) is 25.9 Å². The van der Waals surface area contributed by atoms with Crippen LogP contribution in [0.4, 0.5) is 5.69 Å². The Labute approximate surface area is 158 Å². The zero-order valence-corrected chi connectivity index (χ0v) is 15.8. The van der Waals surface area contributed by atoms with Crippen molar-refractivity contribution in [1.29, 1.82) is 0 Å². The van der Waals surface area contributed by atoms with Crippen molar-refractivity contribution in [3.63, 3.8) is 0 Å². The summed E-state index contributed by atoms with van der Waals surface area (Å²) in [5.74, 6) is -0.199. The van der Waals surface area contributed by atoms with Crippen LogP contribution >= 0.6 is 0 Å². The summed E-state index contributed by atoms with van der Waals surface area (Å²) >= 11 is 0. The highest BCUT2D eigenvalue weighted by atomic mass is 32.2. The zero-order valence-electron chi connectivity index (χ0n) is 15.0. The van der Waals surface area contributed by atoms with Crippen molar-refractivity contribution in [3.05, 3.63) is 34.4 Å². The Morgan fingerprint density at radius 2 is 1.81 bits per heavy atom. The fourth-order valence-corrected chi connectivity index (χ4v) is 5.39. The van der Waals surface area contributed by atoms with Crippen LogP contribution in [-0.4, -0.2) is 60.2 Å². The van der Waals surface area contributed by atoms with E-state index in [0.717, 1.165) is 31.4 Å². The number of nitro benzene ring substituents is 1. The summed E-state index contributed by atoms with van der Waals surface area (Å²) < 4.78 is 27.4. The molecule has 2 unspecified atom stereocenters. The normalized spacial score (nSPS) is 24.6. The maximum absolute atomic E-state index is 13.1. The molecule has 1 amide bonds. The lowest BCUT2D eigenvalue weighted by molar-refractivity contribution is -0.384. The maximum Gasteiger partial charge on any atom is 0.269 e. The smallest absolute Gasteiger partial charge is 0.269 e. The van der Waals surface area contributed by atoms with Crippen molar-refractivity contribution in [1.82, 2.24) is 9.21 Å². The Hall–Kier alpha value is -2.04. The molecule has 1 aromatic carbocycles. The third-order valence-corrected chi connectivity index (χ3v) is 7.08. The van der Waals surface area contributed by atoms with E-state index in [9.17, 15) is 23.3 Å². The molecule has 27 heavy (non-hydrogen) atoms. The number of sulfonamides is 1. The summed E-state index contributed by atoms with van der Waals surface area (Å²) in [4.78, 5) is 24.8. The molecule has 0 radical (unpaired) electrons. The van der Waals surface area contributed by atoms with Gasteiger partial charge < -0.3 is 10.6 Å². The number of hydrogen-bond donors (Lipinski definition) is 1. The van der Waals surface area contributed by atoms with Crippen LogP contribution in [0, 0.1) is 10.1 Å². The van der Waals surface area contributed by atoms with Gasteiger partial charge in [0.25, 0.3) is 5.69 Å². The summed E-state index contributed by atoms with van der Waals surface area (Å²) in [6, 6.07) is 3.95. The number of carbonyl (C=O) groups is 1. The van der Waals surface area contributed by atoms with Gasteiger partial charge in [-0.25, -0.2) is 8.42 Å². The van der Waals surface area contributed by atoms with Gasteiger partial charge in [-0.2, -0.15) is 4.31 Å². The SMILES string of the molecule is NC1CCCN(C(=O)C2CCCCN2S(=O)(=O)c2ccc([N+](=O)[O-])cc2)C1. The molecule has 2 aliphatic heterocycles. The molecule has 10 heteroatoms. The first-order valence-electron chi connectivity index (χ1n) is 9.11. The number of likely N-dealkylation sites (tertiary alicyclic amines) is 1. The van der Waals surface area contributed by atoms with Crippen LogP contribution < -0.4 is 5.73 Å². The molecule has 3 rings (SSSR count). The van der Waals surface area contributed by atoms with Gasteiger partial charge in [-0.05, 0) is 37.8 Å². The highest BCUT2D eigenvalue weighted by Crippen LogP contribution is 2.28. The van der Waals surface area contributed by atoms with E-state index >= 15 is 0 Å². The van der Waals surface area contributed by atoms with Gasteiger partial charge in [0, 0.05) is 37.8 Å². The molecule has 0 aliphatic carbocycles. The average molecular weight is 396 g/mol. The number of rotatable bonds is 4. The average Bonchev–Trinajstić information content (AvgIpc) is 2.67. The minimum absolute atomic E-state index is 0.0388. The Balaban J connectivity index is 1.85. The zero-order chi connectivity index (χ0) is 19.6. The molecule has 2 heterocycles. The van der Waals surface area contributed by atoms with Crippen molar-refractivity contribution < 1.29 is 18.1 Å². The van der Waals surface area contributed by atoms with Crippen molar-refractivity contribution in [2.45, 2.75) is 49.1 Å². The molecule has 148 valence electrons. The van der Waals surface area contributed by atoms with Crippen molar-refractivity contribution in [2.24, 2.45) is 5.73 Å². The first kappa shape index (κ1) is 19.7. The van der Waals surface area contributed by atoms with E-state index in [2.05, 4.69) is 0 Å². The third-order valence-electron chi connectivity index (χ3n) is 5.16. The van der Waals surface area contributed by atoms with Crippen molar-refractivity contribution >= 4 is 21.6 Å². The second-order valence-corrected chi connectivity index (χ2v) is 8.96. The third kappa shape index (κ3) is 4.12. The highest BCUT2D eigenvalue weighted by Gasteiger charge is 2.40. The second kappa shape index (κ2) is 7.91. The van der Waals surface area contributed by atoms with Crippen LogP contribution in [0.15, 0.2) is 29.2 Å². The van der Waals surface area contributed by atoms with Gasteiger partial charge in [-0.1, -0.05) is 6.42 Å². The molecule has 0 saturated carbocycles. The number of hydrogen-bond acceptors (Lipinski definition) is 6. The fraction of sp³-hybridized carbons (Fsp3) is 0.588. The predicted octanol–water partition coefficient (Wildman–Crippen LogP) is 1.09. The summed E-state index contributed by atoms with van der Waals surface area (Å²) in [5, 5.41) is 10.8. The van der Waals surface area contributed by atoms with Gasteiger partial charge in [-0.3, -0.25) is 14.9 Å². The first-order chi connectivity index (χ1) is 12.8. The Morgan fingerprint density at radius 1 is 1.11 bits per heavy atom. The number of carbonyl (C=O) groups excluding carboxylic acids is 1. The van der Waals surface area contributed by atoms with Crippen LogP contribution in [0.3, 0.4) is 0 Å². The second-order valence-electron chi connectivity index (χ2n) is 7.06. The molecule has 0 spiro atoms. The molecule has 0 aromatic heterocycles. The largest absolute Gasteiger partial charge is 0.340 e. The van der Waals surface area contributed by atoms with Crippen LogP contribution in [0.5, 0.6) is 0 Å². The summed E-state index contributed by atoms with van der Waals surface area (Å²) in [6.07, 6.45) is 3.60. The molecule has 2 atom stereocenters. The minimum atomic E-state index is -3.92. The van der Waals surface area contributed by atoms with E-state index in [-0.39, 0.29) is 29.1 Å². The monoisotopic (exact) mass is 396 g/mol. The molecule has 2 fully saturated rings. The van der Waals surface area contributed by atoms with Crippen LogP contribution in [0.25, 0.3) is 0 Å². The van der Waals surface area contributed by atoms with Crippen molar-refractivity contribution in [3.8, 4) is 0 Å². The lowest BCUT2D eigenvalue weighted by Gasteiger charge is -2.39. The van der Waals surface area contributed by atoms with Crippen molar-refractivity contribution in [2.75, 3.05) is 19.6 Å². The van der Waals surface area contributed by atoms with E-state index in [1.807, 2.05) is 0 Å². The Kier molecular flexibility index (Phi) is 5.78. The molecule has 2 saturated heterocycles. The van der Waals surface area contributed by atoms with Crippen LogP contribution in [0.1, 0.15) is 32.1 Å². The molecule has 2 N–H and O–H groups in total. The van der Waals surface area contributed by atoms with E-state index in [1.54, 1.807) is 4.90 Å². The number of nitrogens with two attached hydrogens (primary N) is 1. The van der Waals surface area contributed by atoms with Crippen LogP contribution in [-0.2, 0) is 14.8 Å². The summed E-state index contributed by atoms with van der Waals surface area (Å²) in [6.45, 7) is 1.30. The lowest BCUT2D eigenvalue weighted by atomic mass is 10.0. The predicted molar refractivity (Wildman–Crippen MR) is 98.4 cm³/mol. The quantitative estimate of drug-likeness (QED) is 0.599. The van der Waals surface area contributed by atoms with E-state index in [1.165, 1.54) is 16.4 Å².